The molecule has 3 aromatic carbocycles. The summed E-state index contributed by atoms with van der Waals surface area (Å²) in [6.07, 6.45) is 0. The predicted octanol–water partition coefficient (Wildman–Crippen LogP) is 4.09. The van der Waals surface area contributed by atoms with Gasteiger partial charge in [-0.15, -0.1) is 0 Å². The van der Waals surface area contributed by atoms with Crippen LogP contribution < -0.4 is 15.4 Å². The number of aryl methyl sites for hydroxylation is 1. The molecule has 1 saturated heterocycles. The van der Waals surface area contributed by atoms with Crippen LogP contribution in [0, 0.1) is 18.6 Å². The molecule has 0 bridgehead atoms. The summed E-state index contributed by atoms with van der Waals surface area (Å²) < 4.78 is 35.0. The molecule has 0 saturated carbocycles. The molecule has 9 heteroatoms. The van der Waals surface area contributed by atoms with Crippen LogP contribution >= 0.6 is 0 Å². The van der Waals surface area contributed by atoms with Crippen molar-refractivity contribution < 1.29 is 18.3 Å². The van der Waals surface area contributed by atoms with Crippen molar-refractivity contribution in [3.05, 3.63) is 93.8 Å². The second kappa shape index (κ2) is 9.41. The average molecular weight is 491 g/mol. The maximum Gasteiger partial charge on any atom is 0.337 e. The summed E-state index contributed by atoms with van der Waals surface area (Å²) in [5, 5.41) is 0.289. The molecule has 5 rings (SSSR count). The molecule has 0 radical (unpaired) electrons. The largest absolute Gasteiger partial charge is 0.465 e. The first-order chi connectivity index (χ1) is 17.4. The van der Waals surface area contributed by atoms with Crippen molar-refractivity contribution in [3.63, 3.8) is 0 Å². The molecule has 1 aliphatic rings. The third kappa shape index (κ3) is 4.17. The summed E-state index contributed by atoms with van der Waals surface area (Å²) in [6.45, 7) is 3.56. The van der Waals surface area contributed by atoms with Crippen molar-refractivity contribution in [2.24, 2.45) is 0 Å². The maximum absolute atomic E-state index is 14.5. The Hall–Kier alpha value is -4.27. The van der Waals surface area contributed by atoms with E-state index in [9.17, 15) is 18.4 Å². The number of halogens is 2. The molecule has 184 valence electrons. The highest BCUT2D eigenvalue weighted by Crippen LogP contribution is 2.25. The summed E-state index contributed by atoms with van der Waals surface area (Å²) >= 11 is 0. The van der Waals surface area contributed by atoms with Crippen molar-refractivity contribution in [2.75, 3.05) is 43.1 Å². The summed E-state index contributed by atoms with van der Waals surface area (Å²) in [4.78, 5) is 34.3. The molecule has 0 aliphatic carbocycles. The number of benzene rings is 3. The summed E-state index contributed by atoms with van der Waals surface area (Å²) in [7, 11) is 1.28. The second-order valence-electron chi connectivity index (χ2n) is 8.63. The molecule has 0 unspecified atom stereocenters. The lowest BCUT2D eigenvalue weighted by Crippen LogP contribution is -2.48. The number of hydrogen-bond acceptors (Lipinski definition) is 6. The SMILES string of the molecule is COC(=O)c1ccc2c(=O)n(-c3ccc(C)c(F)c3)c(N3CCN(c4ccccc4F)CC3)nc2c1. The van der Waals surface area contributed by atoms with Crippen molar-refractivity contribution in [1.82, 2.24) is 9.55 Å². The van der Waals surface area contributed by atoms with Crippen molar-refractivity contribution >= 4 is 28.5 Å². The van der Waals surface area contributed by atoms with Crippen LogP contribution in [-0.4, -0.2) is 48.8 Å². The van der Waals surface area contributed by atoms with Gasteiger partial charge in [-0.05, 0) is 55.0 Å². The molecule has 0 atom stereocenters. The lowest BCUT2D eigenvalue weighted by Gasteiger charge is -2.37. The number of para-hydroxylation sites is 1. The minimum atomic E-state index is -0.538. The molecular formula is C27H24F2N4O3. The van der Waals surface area contributed by atoms with Gasteiger partial charge in [0.2, 0.25) is 5.95 Å². The molecule has 7 nitrogen and oxygen atoms in total. The third-order valence-corrected chi connectivity index (χ3v) is 6.44. The fourth-order valence-electron chi connectivity index (χ4n) is 4.44. The molecule has 0 spiro atoms. The van der Waals surface area contributed by atoms with E-state index in [0.717, 1.165) is 0 Å². The van der Waals surface area contributed by atoms with Crippen molar-refractivity contribution in [1.29, 1.82) is 0 Å². The maximum atomic E-state index is 14.5. The van der Waals surface area contributed by atoms with Crippen LogP contribution in [0.5, 0.6) is 0 Å². The van der Waals surface area contributed by atoms with E-state index in [1.165, 1.54) is 42.0 Å². The smallest absolute Gasteiger partial charge is 0.337 e. The molecule has 1 fully saturated rings. The molecule has 0 N–H and O–H groups in total. The van der Waals surface area contributed by atoms with Gasteiger partial charge < -0.3 is 14.5 Å². The first-order valence-electron chi connectivity index (χ1n) is 11.5. The predicted molar refractivity (Wildman–Crippen MR) is 134 cm³/mol. The minimum Gasteiger partial charge on any atom is -0.465 e. The topological polar surface area (TPSA) is 67.7 Å². The average Bonchev–Trinajstić information content (AvgIpc) is 2.90. The fourth-order valence-corrected chi connectivity index (χ4v) is 4.44. The quantitative estimate of drug-likeness (QED) is 0.402. The number of aromatic nitrogens is 2. The number of rotatable bonds is 4. The van der Waals surface area contributed by atoms with Crippen LogP contribution in [0.4, 0.5) is 20.4 Å². The molecular weight excluding hydrogens is 466 g/mol. The second-order valence-corrected chi connectivity index (χ2v) is 8.63. The van der Waals surface area contributed by atoms with E-state index in [1.54, 1.807) is 37.3 Å². The lowest BCUT2D eigenvalue weighted by atomic mass is 10.1. The highest BCUT2D eigenvalue weighted by molar-refractivity contribution is 5.94. The summed E-state index contributed by atoms with van der Waals surface area (Å²) in [5.74, 6) is -0.942. The van der Waals surface area contributed by atoms with Crippen LogP contribution in [0.1, 0.15) is 15.9 Å². The van der Waals surface area contributed by atoms with E-state index in [2.05, 4.69) is 0 Å². The monoisotopic (exact) mass is 490 g/mol. The van der Waals surface area contributed by atoms with Gasteiger partial charge in [0.25, 0.3) is 5.56 Å². The van der Waals surface area contributed by atoms with E-state index in [4.69, 9.17) is 9.72 Å². The van der Waals surface area contributed by atoms with Crippen LogP contribution in [0.25, 0.3) is 16.6 Å². The van der Waals surface area contributed by atoms with Gasteiger partial charge >= 0.3 is 5.97 Å². The van der Waals surface area contributed by atoms with Crippen LogP contribution in [-0.2, 0) is 4.74 Å². The highest BCUT2D eigenvalue weighted by atomic mass is 19.1. The van der Waals surface area contributed by atoms with Gasteiger partial charge in [0.1, 0.15) is 11.6 Å². The van der Waals surface area contributed by atoms with Crippen LogP contribution in [0.15, 0.2) is 65.5 Å². The first-order valence-corrected chi connectivity index (χ1v) is 11.5. The number of ether oxygens (including phenoxy) is 1. The molecule has 0 amide bonds. The Morgan fingerprint density at radius 1 is 0.917 bits per heavy atom. The van der Waals surface area contributed by atoms with Crippen molar-refractivity contribution in [3.8, 4) is 5.69 Å². The van der Waals surface area contributed by atoms with Crippen LogP contribution in [0.3, 0.4) is 0 Å². The number of carbonyl (C=O) groups is 1. The zero-order valence-electron chi connectivity index (χ0n) is 19.9. The number of anilines is 2. The first kappa shape index (κ1) is 23.5. The number of nitrogens with zero attached hydrogens (tertiary/aromatic N) is 4. The molecule has 36 heavy (non-hydrogen) atoms. The number of esters is 1. The van der Waals surface area contributed by atoms with Crippen LogP contribution in [0.2, 0.25) is 0 Å². The molecule has 1 aromatic heterocycles. The number of methoxy groups -OCH3 is 1. The number of fused-ring (bicyclic) bond motifs is 1. The Labute approximate surface area is 206 Å². The van der Waals surface area contributed by atoms with Gasteiger partial charge in [-0.2, -0.15) is 0 Å². The standard InChI is InChI=1S/C27H24F2N4O3/c1-17-7-9-19(16-22(17)29)33-25(34)20-10-8-18(26(35)36-2)15-23(20)30-27(33)32-13-11-31(12-14-32)24-6-4-3-5-21(24)28/h3-10,15-16H,11-14H2,1-2H3. The zero-order chi connectivity index (χ0) is 25.4. The third-order valence-electron chi connectivity index (χ3n) is 6.44. The Morgan fingerprint density at radius 3 is 2.33 bits per heavy atom. The lowest BCUT2D eigenvalue weighted by molar-refractivity contribution is 0.0601. The van der Waals surface area contributed by atoms with E-state index < -0.39 is 11.8 Å². The molecule has 1 aliphatic heterocycles. The zero-order valence-corrected chi connectivity index (χ0v) is 19.9. The molecule has 4 aromatic rings. The summed E-state index contributed by atoms with van der Waals surface area (Å²) in [6, 6.07) is 15.7. The van der Waals surface area contributed by atoms with Crippen molar-refractivity contribution in [2.45, 2.75) is 6.92 Å². The van der Waals surface area contributed by atoms with Gasteiger partial charge in [0.05, 0.1) is 35.0 Å². The fraction of sp³-hybridized carbons (Fsp3) is 0.222. The van der Waals surface area contributed by atoms with Gasteiger partial charge in [0.15, 0.2) is 0 Å². The van der Waals surface area contributed by atoms with Gasteiger partial charge in [-0.1, -0.05) is 18.2 Å². The summed E-state index contributed by atoms with van der Waals surface area (Å²) in [5.41, 5.74) is 1.55. The number of piperazine rings is 1. The van der Waals surface area contributed by atoms with E-state index in [0.29, 0.717) is 54.6 Å². The van der Waals surface area contributed by atoms with Gasteiger partial charge in [0, 0.05) is 26.2 Å². The number of carbonyl (C=O) groups excluding carboxylic acids is 1. The Kier molecular flexibility index (Phi) is 6.13. The van der Waals surface area contributed by atoms with E-state index in [-0.39, 0.29) is 22.3 Å². The van der Waals surface area contributed by atoms with E-state index in [1.807, 2.05) is 9.80 Å². The van der Waals surface area contributed by atoms with Gasteiger partial charge in [-0.3, -0.25) is 4.79 Å². The van der Waals surface area contributed by atoms with Gasteiger partial charge in [-0.25, -0.2) is 23.1 Å². The van der Waals surface area contributed by atoms with E-state index >= 15 is 0 Å². The number of hydrogen-bond donors (Lipinski definition) is 0. The minimum absolute atomic E-state index is 0.270. The Balaban J connectivity index is 1.61. The highest BCUT2D eigenvalue weighted by Gasteiger charge is 2.25. The molecule has 2 heterocycles. The normalized spacial score (nSPS) is 13.8. The Morgan fingerprint density at radius 2 is 1.64 bits per heavy atom. The Bertz CT molecular complexity index is 1530.